The van der Waals surface area contributed by atoms with E-state index in [9.17, 15) is 4.79 Å². The Hall–Kier alpha value is -1.62. The minimum Gasteiger partial charge on any atom is -0.369 e. The van der Waals surface area contributed by atoms with E-state index in [0.717, 1.165) is 68.7 Å². The van der Waals surface area contributed by atoms with Crippen molar-refractivity contribution in [3.8, 4) is 0 Å². The molecule has 0 radical (unpaired) electrons. The third kappa shape index (κ3) is 5.19. The van der Waals surface area contributed by atoms with Crippen molar-refractivity contribution in [3.63, 3.8) is 0 Å². The summed E-state index contributed by atoms with van der Waals surface area (Å²) >= 11 is 0. The van der Waals surface area contributed by atoms with Crippen LogP contribution in [-0.2, 0) is 0 Å². The van der Waals surface area contributed by atoms with Crippen molar-refractivity contribution >= 4 is 11.7 Å². The van der Waals surface area contributed by atoms with Crippen molar-refractivity contribution in [2.75, 3.05) is 44.6 Å². The van der Waals surface area contributed by atoms with E-state index in [1.165, 1.54) is 25.9 Å². The fourth-order valence-electron chi connectivity index (χ4n) is 4.47. The Kier molecular flexibility index (Phi) is 6.89. The van der Waals surface area contributed by atoms with Crippen LogP contribution < -0.4 is 5.32 Å². The van der Waals surface area contributed by atoms with Gasteiger partial charge in [-0.1, -0.05) is 13.8 Å². The number of anilines is 1. The molecule has 1 N–H and O–H groups in total. The summed E-state index contributed by atoms with van der Waals surface area (Å²) in [5.41, 5.74) is 0.717. The summed E-state index contributed by atoms with van der Waals surface area (Å²) in [7, 11) is 0. The third-order valence-corrected chi connectivity index (χ3v) is 5.57. The van der Waals surface area contributed by atoms with Gasteiger partial charge in [-0.25, -0.2) is 4.98 Å². The standard InChI is InChI=1S/C21H34N4O/c1-17-14-18(2)16-24(15-17)11-7-10-23-20-19(8-6-9-22-20)21(26)25-12-4-3-5-13-25/h6,8-9,17-18H,3-5,7,10-16H2,1-2H3,(H,22,23). The first-order valence-corrected chi connectivity index (χ1v) is 10.3. The first kappa shape index (κ1) is 19.2. The molecule has 5 heteroatoms. The number of piperidine rings is 2. The zero-order valence-electron chi connectivity index (χ0n) is 16.4. The van der Waals surface area contributed by atoms with E-state index in [4.69, 9.17) is 0 Å². The second kappa shape index (κ2) is 9.36. The van der Waals surface area contributed by atoms with Crippen LogP contribution in [0.15, 0.2) is 18.3 Å². The third-order valence-electron chi connectivity index (χ3n) is 5.57. The molecule has 0 aromatic carbocycles. The second-order valence-corrected chi connectivity index (χ2v) is 8.24. The molecule has 26 heavy (non-hydrogen) atoms. The van der Waals surface area contributed by atoms with Gasteiger partial charge in [-0.05, 0) is 62.6 Å². The molecule has 144 valence electrons. The number of carbonyl (C=O) groups excluding carboxylic acids is 1. The summed E-state index contributed by atoms with van der Waals surface area (Å²) in [5, 5.41) is 3.41. The quantitative estimate of drug-likeness (QED) is 0.791. The molecule has 5 nitrogen and oxygen atoms in total. The average Bonchev–Trinajstić information content (AvgIpc) is 2.65. The number of nitrogens with zero attached hydrogens (tertiary/aromatic N) is 3. The van der Waals surface area contributed by atoms with Crippen LogP contribution in [0, 0.1) is 11.8 Å². The van der Waals surface area contributed by atoms with E-state index in [2.05, 4.69) is 29.0 Å². The number of carbonyl (C=O) groups is 1. The maximum Gasteiger partial charge on any atom is 0.257 e. The lowest BCUT2D eigenvalue weighted by molar-refractivity contribution is 0.0725. The van der Waals surface area contributed by atoms with Crippen molar-refractivity contribution < 1.29 is 4.79 Å². The summed E-state index contributed by atoms with van der Waals surface area (Å²) in [5.74, 6) is 2.47. The van der Waals surface area contributed by atoms with Gasteiger partial charge >= 0.3 is 0 Å². The van der Waals surface area contributed by atoms with Crippen LogP contribution in [0.5, 0.6) is 0 Å². The zero-order valence-corrected chi connectivity index (χ0v) is 16.4. The Morgan fingerprint density at radius 3 is 2.65 bits per heavy atom. The molecule has 2 aliphatic rings. The van der Waals surface area contributed by atoms with Crippen LogP contribution in [0.3, 0.4) is 0 Å². The van der Waals surface area contributed by atoms with E-state index < -0.39 is 0 Å². The molecule has 1 aromatic heterocycles. The fraction of sp³-hybridized carbons (Fsp3) is 0.714. The molecule has 2 atom stereocenters. The van der Waals surface area contributed by atoms with Crippen LogP contribution in [0.2, 0.25) is 0 Å². The van der Waals surface area contributed by atoms with Crippen LogP contribution in [0.25, 0.3) is 0 Å². The molecule has 2 aliphatic heterocycles. The maximum absolute atomic E-state index is 12.8. The number of likely N-dealkylation sites (tertiary alicyclic amines) is 2. The van der Waals surface area contributed by atoms with Crippen molar-refractivity contribution in [2.45, 2.75) is 46.0 Å². The lowest BCUT2D eigenvalue weighted by Crippen LogP contribution is -2.39. The summed E-state index contributed by atoms with van der Waals surface area (Å²) < 4.78 is 0. The second-order valence-electron chi connectivity index (χ2n) is 8.24. The molecule has 2 fully saturated rings. The van der Waals surface area contributed by atoms with Gasteiger partial charge in [-0.15, -0.1) is 0 Å². The Labute approximate surface area is 158 Å². The molecule has 2 unspecified atom stereocenters. The molecular weight excluding hydrogens is 324 g/mol. The minimum absolute atomic E-state index is 0.124. The smallest absolute Gasteiger partial charge is 0.257 e. The van der Waals surface area contributed by atoms with Crippen LogP contribution in [-0.4, -0.2) is 60.0 Å². The topological polar surface area (TPSA) is 48.5 Å². The number of aromatic nitrogens is 1. The number of amides is 1. The number of rotatable bonds is 6. The molecule has 0 bridgehead atoms. The molecule has 1 amide bonds. The number of nitrogens with one attached hydrogen (secondary N) is 1. The van der Waals surface area contributed by atoms with Gasteiger partial charge < -0.3 is 15.1 Å². The highest BCUT2D eigenvalue weighted by Gasteiger charge is 2.22. The largest absolute Gasteiger partial charge is 0.369 e. The predicted molar refractivity (Wildman–Crippen MR) is 106 cm³/mol. The monoisotopic (exact) mass is 358 g/mol. The van der Waals surface area contributed by atoms with Crippen LogP contribution in [0.1, 0.15) is 56.3 Å². The molecule has 3 rings (SSSR count). The van der Waals surface area contributed by atoms with Gasteiger partial charge in [0, 0.05) is 38.9 Å². The number of pyridine rings is 1. The lowest BCUT2D eigenvalue weighted by Gasteiger charge is -2.35. The number of hydrogen-bond acceptors (Lipinski definition) is 4. The lowest BCUT2D eigenvalue weighted by atomic mass is 9.92. The average molecular weight is 359 g/mol. The highest BCUT2D eigenvalue weighted by Crippen LogP contribution is 2.21. The molecule has 0 aliphatic carbocycles. The highest BCUT2D eigenvalue weighted by molar-refractivity contribution is 5.98. The SMILES string of the molecule is CC1CC(C)CN(CCCNc2ncccc2C(=O)N2CCCCC2)C1. The molecule has 1 aromatic rings. The van der Waals surface area contributed by atoms with Gasteiger partial charge in [-0.3, -0.25) is 4.79 Å². The van der Waals surface area contributed by atoms with Gasteiger partial charge in [0.05, 0.1) is 5.56 Å². The number of hydrogen-bond donors (Lipinski definition) is 1. The van der Waals surface area contributed by atoms with Gasteiger partial charge in [0.15, 0.2) is 0 Å². The normalized spacial score (nSPS) is 24.5. The molecular formula is C21H34N4O. The summed E-state index contributed by atoms with van der Waals surface area (Å²) in [4.78, 5) is 21.8. The van der Waals surface area contributed by atoms with E-state index in [1.54, 1.807) is 6.20 Å². The van der Waals surface area contributed by atoms with Gasteiger partial charge in [0.2, 0.25) is 0 Å². The maximum atomic E-state index is 12.8. The Balaban J connectivity index is 1.49. The first-order chi connectivity index (χ1) is 12.6. The summed E-state index contributed by atoms with van der Waals surface area (Å²) in [6, 6.07) is 3.76. The van der Waals surface area contributed by atoms with Crippen molar-refractivity contribution in [1.82, 2.24) is 14.8 Å². The summed E-state index contributed by atoms with van der Waals surface area (Å²) in [6.07, 6.45) is 7.65. The van der Waals surface area contributed by atoms with Crippen molar-refractivity contribution in [3.05, 3.63) is 23.9 Å². The van der Waals surface area contributed by atoms with Gasteiger partial charge in [0.25, 0.3) is 5.91 Å². The van der Waals surface area contributed by atoms with E-state index in [0.29, 0.717) is 0 Å². The molecule has 3 heterocycles. The summed E-state index contributed by atoms with van der Waals surface area (Å²) in [6.45, 7) is 10.9. The van der Waals surface area contributed by atoms with Crippen LogP contribution >= 0.6 is 0 Å². The Bertz CT molecular complexity index is 575. The van der Waals surface area contributed by atoms with Crippen molar-refractivity contribution in [1.29, 1.82) is 0 Å². The Morgan fingerprint density at radius 2 is 1.92 bits per heavy atom. The van der Waals surface area contributed by atoms with E-state index >= 15 is 0 Å². The fourth-order valence-corrected chi connectivity index (χ4v) is 4.47. The van der Waals surface area contributed by atoms with Gasteiger partial charge in [-0.2, -0.15) is 0 Å². The first-order valence-electron chi connectivity index (χ1n) is 10.3. The highest BCUT2D eigenvalue weighted by atomic mass is 16.2. The Morgan fingerprint density at radius 1 is 1.19 bits per heavy atom. The predicted octanol–water partition coefficient (Wildman–Crippen LogP) is 3.49. The van der Waals surface area contributed by atoms with Crippen LogP contribution in [0.4, 0.5) is 5.82 Å². The molecule has 0 spiro atoms. The van der Waals surface area contributed by atoms with Gasteiger partial charge in [0.1, 0.15) is 5.82 Å². The van der Waals surface area contributed by atoms with E-state index in [1.807, 2.05) is 17.0 Å². The minimum atomic E-state index is 0.124. The zero-order chi connectivity index (χ0) is 18.4. The van der Waals surface area contributed by atoms with Crippen molar-refractivity contribution in [2.24, 2.45) is 11.8 Å². The molecule has 2 saturated heterocycles. The van der Waals surface area contributed by atoms with E-state index in [-0.39, 0.29) is 5.91 Å². The molecule has 0 saturated carbocycles.